The SMILES string of the molecule is Cc1ccc(C2=NOC(c3cc(Cl)cc(Cl)c3)(C(F)(F)F)C2)cc1. The van der Waals surface area contributed by atoms with Gasteiger partial charge in [-0.1, -0.05) is 58.2 Å². The maximum absolute atomic E-state index is 13.8. The van der Waals surface area contributed by atoms with E-state index in [0.29, 0.717) is 5.56 Å². The molecule has 24 heavy (non-hydrogen) atoms. The molecule has 126 valence electrons. The number of benzene rings is 2. The third kappa shape index (κ3) is 2.98. The van der Waals surface area contributed by atoms with Crippen molar-refractivity contribution in [3.05, 3.63) is 69.2 Å². The van der Waals surface area contributed by atoms with Crippen molar-refractivity contribution >= 4 is 28.9 Å². The number of nitrogens with zero attached hydrogens (tertiary/aromatic N) is 1. The Hall–Kier alpha value is -1.72. The minimum Gasteiger partial charge on any atom is -0.374 e. The summed E-state index contributed by atoms with van der Waals surface area (Å²) in [7, 11) is 0. The summed E-state index contributed by atoms with van der Waals surface area (Å²) in [4.78, 5) is 4.94. The van der Waals surface area contributed by atoms with Gasteiger partial charge in [-0.2, -0.15) is 13.2 Å². The van der Waals surface area contributed by atoms with Crippen LogP contribution in [-0.4, -0.2) is 11.9 Å². The quantitative estimate of drug-likeness (QED) is 0.643. The Balaban J connectivity index is 2.03. The topological polar surface area (TPSA) is 21.6 Å². The maximum Gasteiger partial charge on any atom is 0.435 e. The molecular weight excluding hydrogens is 362 g/mol. The van der Waals surface area contributed by atoms with Crippen LogP contribution in [0.5, 0.6) is 0 Å². The first-order valence-corrected chi connectivity index (χ1v) is 7.82. The first-order valence-electron chi connectivity index (χ1n) is 7.07. The second-order valence-electron chi connectivity index (χ2n) is 5.65. The molecule has 1 unspecified atom stereocenters. The molecule has 0 radical (unpaired) electrons. The van der Waals surface area contributed by atoms with Crippen molar-refractivity contribution < 1.29 is 18.0 Å². The fourth-order valence-electron chi connectivity index (χ4n) is 2.59. The molecule has 2 nitrogen and oxygen atoms in total. The smallest absolute Gasteiger partial charge is 0.374 e. The third-order valence-corrected chi connectivity index (χ3v) is 4.34. The molecule has 3 rings (SSSR count). The predicted octanol–water partition coefficient (Wildman–Crippen LogP) is 5.88. The number of hydrogen-bond donors (Lipinski definition) is 0. The van der Waals surface area contributed by atoms with E-state index >= 15 is 0 Å². The Morgan fingerprint density at radius 1 is 1.04 bits per heavy atom. The van der Waals surface area contributed by atoms with E-state index in [1.165, 1.54) is 18.2 Å². The predicted molar refractivity (Wildman–Crippen MR) is 87.6 cm³/mol. The number of halogens is 5. The first kappa shape index (κ1) is 17.1. The van der Waals surface area contributed by atoms with Crippen molar-refractivity contribution in [2.45, 2.75) is 25.1 Å². The Morgan fingerprint density at radius 2 is 1.62 bits per heavy atom. The molecule has 0 saturated carbocycles. The van der Waals surface area contributed by atoms with Crippen LogP contribution in [0.15, 0.2) is 47.6 Å². The summed E-state index contributed by atoms with van der Waals surface area (Å²) in [6.45, 7) is 1.89. The molecule has 1 atom stereocenters. The lowest BCUT2D eigenvalue weighted by Gasteiger charge is -2.29. The molecule has 1 aliphatic rings. The minimum absolute atomic E-state index is 0.105. The van der Waals surface area contributed by atoms with Gasteiger partial charge < -0.3 is 4.84 Å². The van der Waals surface area contributed by atoms with E-state index in [4.69, 9.17) is 28.0 Å². The Labute approximate surface area is 146 Å². The lowest BCUT2D eigenvalue weighted by molar-refractivity contribution is -0.275. The molecule has 0 bridgehead atoms. The van der Waals surface area contributed by atoms with Crippen molar-refractivity contribution in [1.82, 2.24) is 0 Å². The molecule has 0 aliphatic carbocycles. The van der Waals surface area contributed by atoms with Gasteiger partial charge in [-0.3, -0.25) is 0 Å². The normalized spacial score (nSPS) is 20.7. The number of alkyl halides is 3. The zero-order valence-corrected chi connectivity index (χ0v) is 14.0. The zero-order chi connectivity index (χ0) is 17.5. The van der Waals surface area contributed by atoms with Gasteiger partial charge in [-0.15, -0.1) is 0 Å². The Kier molecular flexibility index (Phi) is 4.26. The van der Waals surface area contributed by atoms with Gasteiger partial charge in [0.05, 0.1) is 5.71 Å². The van der Waals surface area contributed by atoms with E-state index in [1.807, 2.05) is 19.1 Å². The number of rotatable bonds is 2. The van der Waals surface area contributed by atoms with Crippen LogP contribution >= 0.6 is 23.2 Å². The van der Waals surface area contributed by atoms with Crippen LogP contribution in [0.2, 0.25) is 10.0 Å². The molecule has 0 fully saturated rings. The Bertz CT molecular complexity index is 782. The van der Waals surface area contributed by atoms with Gasteiger partial charge in [0, 0.05) is 22.0 Å². The number of hydrogen-bond acceptors (Lipinski definition) is 2. The average Bonchev–Trinajstić information content (AvgIpc) is 2.93. The molecule has 0 saturated heterocycles. The highest BCUT2D eigenvalue weighted by Gasteiger charge is 2.62. The zero-order valence-electron chi connectivity index (χ0n) is 12.5. The molecule has 7 heteroatoms. The van der Waals surface area contributed by atoms with E-state index in [9.17, 15) is 13.2 Å². The summed E-state index contributed by atoms with van der Waals surface area (Å²) < 4.78 is 41.5. The van der Waals surface area contributed by atoms with Gasteiger partial charge in [-0.25, -0.2) is 0 Å². The molecular formula is C17H12Cl2F3NO. The fraction of sp³-hybridized carbons (Fsp3) is 0.235. The van der Waals surface area contributed by atoms with Crippen molar-refractivity contribution in [2.75, 3.05) is 0 Å². The third-order valence-electron chi connectivity index (χ3n) is 3.90. The van der Waals surface area contributed by atoms with E-state index in [0.717, 1.165) is 5.56 Å². The van der Waals surface area contributed by atoms with Gasteiger partial charge in [0.25, 0.3) is 5.60 Å². The van der Waals surface area contributed by atoms with Crippen LogP contribution in [0.1, 0.15) is 23.1 Å². The van der Waals surface area contributed by atoms with Crippen molar-refractivity contribution in [2.24, 2.45) is 5.16 Å². The summed E-state index contributed by atoms with van der Waals surface area (Å²) in [5, 5.41) is 3.91. The van der Waals surface area contributed by atoms with Crippen LogP contribution in [0.3, 0.4) is 0 Å². The second kappa shape index (κ2) is 5.97. The van der Waals surface area contributed by atoms with E-state index in [2.05, 4.69) is 5.16 Å². The highest BCUT2D eigenvalue weighted by Crippen LogP contribution is 2.49. The van der Waals surface area contributed by atoms with E-state index < -0.39 is 18.2 Å². The van der Waals surface area contributed by atoms with Crippen LogP contribution in [0.25, 0.3) is 0 Å². The first-order chi connectivity index (χ1) is 11.2. The van der Waals surface area contributed by atoms with E-state index in [-0.39, 0.29) is 21.3 Å². The second-order valence-corrected chi connectivity index (χ2v) is 6.53. The van der Waals surface area contributed by atoms with Crippen molar-refractivity contribution in [1.29, 1.82) is 0 Å². The summed E-state index contributed by atoms with van der Waals surface area (Å²) in [6.07, 6.45) is -5.13. The van der Waals surface area contributed by atoms with Crippen molar-refractivity contribution in [3.8, 4) is 0 Å². The molecule has 1 aliphatic heterocycles. The van der Waals surface area contributed by atoms with Gasteiger partial charge >= 0.3 is 6.18 Å². The summed E-state index contributed by atoms with van der Waals surface area (Å²) in [6, 6.07) is 10.8. The van der Waals surface area contributed by atoms with Gasteiger partial charge in [0.15, 0.2) is 0 Å². The van der Waals surface area contributed by atoms with Crippen molar-refractivity contribution in [3.63, 3.8) is 0 Å². The molecule has 0 N–H and O–H groups in total. The standard InChI is InChI=1S/C17H12Cl2F3NO/c1-10-2-4-11(5-3-10)15-9-16(24-23-15,17(20,21)22)12-6-13(18)8-14(19)7-12/h2-8H,9H2,1H3. The monoisotopic (exact) mass is 373 g/mol. The van der Waals surface area contributed by atoms with Crippen LogP contribution < -0.4 is 0 Å². The fourth-order valence-corrected chi connectivity index (χ4v) is 3.12. The highest BCUT2D eigenvalue weighted by atomic mass is 35.5. The van der Waals surface area contributed by atoms with Crippen LogP contribution in [0.4, 0.5) is 13.2 Å². The summed E-state index contributed by atoms with van der Waals surface area (Å²) >= 11 is 11.7. The molecule has 1 heterocycles. The molecule has 0 aromatic heterocycles. The van der Waals surface area contributed by atoms with Gasteiger partial charge in [0.2, 0.25) is 0 Å². The molecule has 2 aromatic carbocycles. The lowest BCUT2D eigenvalue weighted by Crippen LogP contribution is -2.42. The largest absolute Gasteiger partial charge is 0.435 e. The Morgan fingerprint density at radius 3 is 2.17 bits per heavy atom. The molecule has 0 amide bonds. The lowest BCUT2D eigenvalue weighted by atomic mass is 9.86. The summed E-state index contributed by atoms with van der Waals surface area (Å²) in [5.41, 5.74) is -0.953. The highest BCUT2D eigenvalue weighted by molar-refractivity contribution is 6.34. The van der Waals surface area contributed by atoms with E-state index in [1.54, 1.807) is 12.1 Å². The number of oxime groups is 1. The van der Waals surface area contributed by atoms with Gasteiger partial charge in [0.1, 0.15) is 0 Å². The average molecular weight is 374 g/mol. The minimum atomic E-state index is -4.68. The number of aryl methyl sites for hydroxylation is 1. The van der Waals surface area contributed by atoms with Gasteiger partial charge in [-0.05, 0) is 30.7 Å². The van der Waals surface area contributed by atoms with Crippen LogP contribution in [0, 0.1) is 6.92 Å². The van der Waals surface area contributed by atoms with Crippen LogP contribution in [-0.2, 0) is 10.4 Å². The summed E-state index contributed by atoms with van der Waals surface area (Å²) in [5.74, 6) is 0. The molecule has 0 spiro atoms. The maximum atomic E-state index is 13.8. The molecule has 2 aromatic rings.